The molecule has 2 aromatic carbocycles. The summed E-state index contributed by atoms with van der Waals surface area (Å²) in [6.45, 7) is 2.25. The summed E-state index contributed by atoms with van der Waals surface area (Å²) in [6.07, 6.45) is 5.75. The highest BCUT2D eigenvalue weighted by molar-refractivity contribution is 8.18. The Hall–Kier alpha value is -2.24. The highest BCUT2D eigenvalue weighted by atomic mass is 35.5. The zero-order valence-electron chi connectivity index (χ0n) is 14.8. The molecule has 1 amide bonds. The Morgan fingerprint density at radius 2 is 1.85 bits per heavy atom. The van der Waals surface area contributed by atoms with E-state index in [4.69, 9.17) is 11.6 Å². The number of carbonyl (C=O) groups is 1. The molecule has 4 rings (SSSR count). The number of piperidine rings is 1. The topological polar surface area (TPSA) is 44.7 Å². The molecule has 6 heteroatoms. The van der Waals surface area contributed by atoms with Gasteiger partial charge >= 0.3 is 0 Å². The van der Waals surface area contributed by atoms with E-state index in [-0.39, 0.29) is 5.91 Å². The van der Waals surface area contributed by atoms with E-state index in [2.05, 4.69) is 39.5 Å². The molecule has 4 nitrogen and oxygen atoms in total. The van der Waals surface area contributed by atoms with Crippen molar-refractivity contribution in [3.8, 4) is 0 Å². The first-order chi connectivity index (χ1) is 13.2. The van der Waals surface area contributed by atoms with Crippen LogP contribution < -0.4 is 10.2 Å². The molecular formula is C21H20ClN3OS. The molecule has 2 fully saturated rings. The minimum Gasteiger partial charge on any atom is -0.372 e. The lowest BCUT2D eigenvalue weighted by Gasteiger charge is -2.28. The first-order valence-electron chi connectivity index (χ1n) is 9.07. The van der Waals surface area contributed by atoms with Crippen LogP contribution in [0.1, 0.15) is 24.8 Å². The Bertz CT molecular complexity index is 902. The lowest BCUT2D eigenvalue weighted by atomic mass is 10.1. The molecule has 2 aromatic rings. The number of amides is 1. The van der Waals surface area contributed by atoms with Gasteiger partial charge in [0.25, 0.3) is 5.91 Å². The van der Waals surface area contributed by atoms with Crippen LogP contribution in [0.25, 0.3) is 6.08 Å². The lowest BCUT2D eigenvalue weighted by molar-refractivity contribution is -0.115. The van der Waals surface area contributed by atoms with Gasteiger partial charge < -0.3 is 10.2 Å². The van der Waals surface area contributed by atoms with E-state index < -0.39 is 0 Å². The number of amidine groups is 1. The van der Waals surface area contributed by atoms with Gasteiger partial charge in [-0.1, -0.05) is 29.8 Å². The number of halogens is 1. The summed E-state index contributed by atoms with van der Waals surface area (Å²) in [5, 5.41) is 4.00. The van der Waals surface area contributed by atoms with Crippen LogP contribution in [0.3, 0.4) is 0 Å². The highest BCUT2D eigenvalue weighted by Crippen LogP contribution is 2.29. The van der Waals surface area contributed by atoms with Crippen molar-refractivity contribution in [1.29, 1.82) is 0 Å². The van der Waals surface area contributed by atoms with Crippen molar-refractivity contribution in [2.75, 3.05) is 18.0 Å². The molecule has 0 aliphatic carbocycles. The number of nitrogens with zero attached hydrogens (tertiary/aromatic N) is 2. The maximum Gasteiger partial charge on any atom is 0.264 e. The van der Waals surface area contributed by atoms with E-state index in [0.717, 1.165) is 24.3 Å². The standard InChI is InChI=1S/C21H20ClN3OS/c22-16-5-4-6-17(14-16)23-21-24-20(26)19(27-21)13-15-7-9-18(10-8-15)25-11-2-1-3-12-25/h4-10,13-14H,1-3,11-12H2,(H,23,24,26)/b19-13-. The van der Waals surface area contributed by atoms with Crippen LogP contribution >= 0.6 is 23.4 Å². The van der Waals surface area contributed by atoms with Gasteiger partial charge in [-0.3, -0.25) is 4.79 Å². The van der Waals surface area contributed by atoms with Gasteiger partial charge in [-0.25, -0.2) is 4.99 Å². The molecular weight excluding hydrogens is 378 g/mol. The van der Waals surface area contributed by atoms with Crippen molar-refractivity contribution < 1.29 is 4.79 Å². The third-order valence-corrected chi connectivity index (χ3v) is 5.75. The van der Waals surface area contributed by atoms with Crippen molar-refractivity contribution in [2.45, 2.75) is 19.3 Å². The zero-order chi connectivity index (χ0) is 18.6. The Labute approximate surface area is 168 Å². The van der Waals surface area contributed by atoms with Crippen LogP contribution in [0.5, 0.6) is 0 Å². The average Bonchev–Trinajstić information content (AvgIpc) is 3.02. The maximum absolute atomic E-state index is 12.2. The van der Waals surface area contributed by atoms with Crippen molar-refractivity contribution in [3.05, 3.63) is 64.0 Å². The first kappa shape index (κ1) is 18.1. The molecule has 2 aliphatic heterocycles. The van der Waals surface area contributed by atoms with Crippen LogP contribution in [-0.4, -0.2) is 24.2 Å². The number of carbonyl (C=O) groups excluding carboxylic acids is 1. The first-order valence-corrected chi connectivity index (χ1v) is 10.3. The van der Waals surface area contributed by atoms with E-state index in [1.165, 1.54) is 36.7 Å². The lowest BCUT2D eigenvalue weighted by Crippen LogP contribution is -2.29. The molecule has 0 saturated carbocycles. The van der Waals surface area contributed by atoms with Gasteiger partial charge in [0.05, 0.1) is 10.6 Å². The Kier molecular flexibility index (Phi) is 5.50. The SMILES string of the molecule is O=C1NC(=Nc2cccc(Cl)c2)S/C1=C\c1ccc(N2CCCCC2)cc1. The maximum atomic E-state index is 12.2. The van der Waals surface area contributed by atoms with Gasteiger partial charge in [0.2, 0.25) is 0 Å². The third kappa shape index (κ3) is 4.54. The zero-order valence-corrected chi connectivity index (χ0v) is 16.4. The van der Waals surface area contributed by atoms with Gasteiger partial charge in [0.15, 0.2) is 5.17 Å². The fourth-order valence-corrected chi connectivity index (χ4v) is 4.25. The minimum absolute atomic E-state index is 0.124. The number of benzene rings is 2. The van der Waals surface area contributed by atoms with Gasteiger partial charge in [0.1, 0.15) is 0 Å². The van der Waals surface area contributed by atoms with Crippen molar-refractivity contribution in [3.63, 3.8) is 0 Å². The number of nitrogens with one attached hydrogen (secondary N) is 1. The van der Waals surface area contributed by atoms with E-state index in [1.807, 2.05) is 18.2 Å². The van der Waals surface area contributed by atoms with E-state index >= 15 is 0 Å². The Morgan fingerprint density at radius 3 is 2.59 bits per heavy atom. The molecule has 0 radical (unpaired) electrons. The number of aliphatic imine (C=N–C) groups is 1. The van der Waals surface area contributed by atoms with Crippen LogP contribution in [0.2, 0.25) is 5.02 Å². The fraction of sp³-hybridized carbons (Fsp3) is 0.238. The van der Waals surface area contributed by atoms with Crippen molar-refractivity contribution >= 4 is 51.9 Å². The number of anilines is 1. The molecule has 0 aromatic heterocycles. The summed E-state index contributed by atoms with van der Waals surface area (Å²) in [7, 11) is 0. The average molecular weight is 398 g/mol. The quantitative estimate of drug-likeness (QED) is 0.722. The van der Waals surface area contributed by atoms with Crippen molar-refractivity contribution in [2.24, 2.45) is 4.99 Å². The highest BCUT2D eigenvalue weighted by Gasteiger charge is 2.23. The van der Waals surface area contributed by atoms with Crippen LogP contribution in [0.4, 0.5) is 11.4 Å². The summed E-state index contributed by atoms with van der Waals surface area (Å²) in [5.74, 6) is -0.124. The molecule has 0 atom stereocenters. The molecule has 27 heavy (non-hydrogen) atoms. The predicted octanol–water partition coefficient (Wildman–Crippen LogP) is 5.22. The van der Waals surface area contributed by atoms with Crippen LogP contribution in [0.15, 0.2) is 58.4 Å². The van der Waals surface area contributed by atoms with E-state index in [9.17, 15) is 4.79 Å². The molecule has 0 spiro atoms. The summed E-state index contributed by atoms with van der Waals surface area (Å²) in [6, 6.07) is 15.7. The molecule has 2 saturated heterocycles. The summed E-state index contributed by atoms with van der Waals surface area (Å²) in [5.41, 5.74) is 2.98. The molecule has 138 valence electrons. The summed E-state index contributed by atoms with van der Waals surface area (Å²) in [4.78, 5) is 19.8. The number of rotatable bonds is 3. The smallest absolute Gasteiger partial charge is 0.264 e. The van der Waals surface area contributed by atoms with Crippen LogP contribution in [0, 0.1) is 0 Å². The van der Waals surface area contributed by atoms with E-state index in [0.29, 0.717) is 15.1 Å². The second kappa shape index (κ2) is 8.19. The summed E-state index contributed by atoms with van der Waals surface area (Å²) < 4.78 is 0. The molecule has 0 bridgehead atoms. The number of hydrogen-bond acceptors (Lipinski definition) is 4. The molecule has 1 N–H and O–H groups in total. The van der Waals surface area contributed by atoms with Gasteiger partial charge in [-0.15, -0.1) is 0 Å². The molecule has 2 aliphatic rings. The number of hydrogen-bond donors (Lipinski definition) is 1. The fourth-order valence-electron chi connectivity index (χ4n) is 3.23. The van der Waals surface area contributed by atoms with Crippen molar-refractivity contribution in [1.82, 2.24) is 5.32 Å². The Balaban J connectivity index is 1.48. The van der Waals surface area contributed by atoms with E-state index in [1.54, 1.807) is 12.1 Å². The summed E-state index contributed by atoms with van der Waals surface area (Å²) >= 11 is 7.33. The Morgan fingerprint density at radius 1 is 1.07 bits per heavy atom. The second-order valence-corrected chi connectivity index (χ2v) is 8.07. The van der Waals surface area contributed by atoms with Gasteiger partial charge in [-0.05, 0) is 73.0 Å². The molecule has 0 unspecified atom stereocenters. The normalized spacial score (nSPS) is 20.3. The minimum atomic E-state index is -0.124. The number of thioether (sulfide) groups is 1. The monoisotopic (exact) mass is 397 g/mol. The van der Waals surface area contributed by atoms with Gasteiger partial charge in [-0.2, -0.15) is 0 Å². The van der Waals surface area contributed by atoms with Gasteiger partial charge in [0, 0.05) is 23.8 Å². The largest absolute Gasteiger partial charge is 0.372 e. The molecule has 2 heterocycles. The third-order valence-electron chi connectivity index (χ3n) is 4.60. The second-order valence-electron chi connectivity index (χ2n) is 6.60. The predicted molar refractivity (Wildman–Crippen MR) is 115 cm³/mol. The van der Waals surface area contributed by atoms with Crippen LogP contribution in [-0.2, 0) is 4.79 Å².